The number of urea groups is 1. The highest BCUT2D eigenvalue weighted by Gasteiger charge is 2.04. The molecule has 0 heterocycles. The van der Waals surface area contributed by atoms with Gasteiger partial charge in [0.2, 0.25) is 0 Å². The number of hydrogen-bond acceptors (Lipinski definition) is 2. The van der Waals surface area contributed by atoms with Crippen molar-refractivity contribution >= 4 is 29.0 Å². The Kier molecular flexibility index (Phi) is 5.67. The molecule has 0 atom stereocenters. The van der Waals surface area contributed by atoms with Gasteiger partial charge in [-0.2, -0.15) is 0 Å². The van der Waals surface area contributed by atoms with Crippen molar-refractivity contribution in [2.24, 2.45) is 5.92 Å². The number of rotatable bonds is 5. The third-order valence-corrected chi connectivity index (χ3v) is 3.03. The molecule has 2 N–H and O–H groups in total. The van der Waals surface area contributed by atoms with Crippen LogP contribution in [0.2, 0.25) is 5.02 Å². The number of benzene rings is 2. The van der Waals surface area contributed by atoms with Crippen LogP contribution >= 0.6 is 11.6 Å². The second kappa shape index (κ2) is 7.71. The van der Waals surface area contributed by atoms with Gasteiger partial charge in [-0.05, 0) is 42.3 Å². The van der Waals surface area contributed by atoms with Crippen molar-refractivity contribution in [2.75, 3.05) is 17.2 Å². The normalized spacial score (nSPS) is 10.4. The van der Waals surface area contributed by atoms with E-state index >= 15 is 0 Å². The van der Waals surface area contributed by atoms with Crippen molar-refractivity contribution in [3.05, 3.63) is 53.6 Å². The van der Waals surface area contributed by atoms with Gasteiger partial charge in [-0.3, -0.25) is 0 Å². The molecule has 5 heteroatoms. The molecular weight excluding hydrogens is 300 g/mol. The zero-order valence-electron chi connectivity index (χ0n) is 12.6. The predicted molar refractivity (Wildman–Crippen MR) is 90.9 cm³/mol. The Bertz CT molecular complexity index is 627. The molecule has 0 aromatic heterocycles. The average Bonchev–Trinajstić information content (AvgIpc) is 2.48. The van der Waals surface area contributed by atoms with Crippen LogP contribution in [0.5, 0.6) is 5.75 Å². The number of anilines is 2. The summed E-state index contributed by atoms with van der Waals surface area (Å²) in [6.07, 6.45) is 0. The molecule has 0 radical (unpaired) electrons. The van der Waals surface area contributed by atoms with Crippen molar-refractivity contribution in [3.8, 4) is 5.75 Å². The molecule has 116 valence electrons. The van der Waals surface area contributed by atoms with Crippen LogP contribution in [-0.4, -0.2) is 12.6 Å². The molecule has 0 fully saturated rings. The second-order valence-electron chi connectivity index (χ2n) is 5.32. The average molecular weight is 319 g/mol. The van der Waals surface area contributed by atoms with E-state index in [-0.39, 0.29) is 6.03 Å². The number of carbonyl (C=O) groups excluding carboxylic acids is 1. The van der Waals surface area contributed by atoms with Gasteiger partial charge >= 0.3 is 6.03 Å². The van der Waals surface area contributed by atoms with Gasteiger partial charge in [-0.25, -0.2) is 4.79 Å². The third-order valence-electron chi connectivity index (χ3n) is 2.78. The van der Waals surface area contributed by atoms with Crippen molar-refractivity contribution < 1.29 is 9.53 Å². The molecule has 0 aliphatic rings. The number of amides is 2. The van der Waals surface area contributed by atoms with E-state index in [2.05, 4.69) is 24.5 Å². The van der Waals surface area contributed by atoms with Crippen LogP contribution in [0.1, 0.15) is 13.8 Å². The minimum absolute atomic E-state index is 0.316. The van der Waals surface area contributed by atoms with Gasteiger partial charge in [0.05, 0.1) is 6.61 Å². The lowest BCUT2D eigenvalue weighted by molar-refractivity contribution is 0.262. The standard InChI is InChI=1S/C17H19ClN2O2/c1-12(2)11-22-16-5-3-4-15(10-16)20-17(21)19-14-8-6-13(18)7-9-14/h3-10,12H,11H2,1-2H3,(H2,19,20,21). The zero-order chi connectivity index (χ0) is 15.9. The first kappa shape index (κ1) is 16.2. The first-order valence-corrected chi connectivity index (χ1v) is 7.47. The molecule has 22 heavy (non-hydrogen) atoms. The summed E-state index contributed by atoms with van der Waals surface area (Å²) in [6, 6.07) is 13.9. The zero-order valence-corrected chi connectivity index (χ0v) is 13.4. The molecule has 0 saturated carbocycles. The monoisotopic (exact) mass is 318 g/mol. The summed E-state index contributed by atoms with van der Waals surface area (Å²) in [7, 11) is 0. The quantitative estimate of drug-likeness (QED) is 0.813. The van der Waals surface area contributed by atoms with Gasteiger partial charge in [0.25, 0.3) is 0 Å². The molecule has 0 bridgehead atoms. The van der Waals surface area contributed by atoms with Crippen LogP contribution < -0.4 is 15.4 Å². The first-order valence-electron chi connectivity index (χ1n) is 7.09. The van der Waals surface area contributed by atoms with Crippen molar-refractivity contribution in [1.29, 1.82) is 0 Å². The second-order valence-corrected chi connectivity index (χ2v) is 5.76. The van der Waals surface area contributed by atoms with Crippen LogP contribution in [0, 0.1) is 5.92 Å². The lowest BCUT2D eigenvalue weighted by Crippen LogP contribution is -2.19. The highest BCUT2D eigenvalue weighted by atomic mass is 35.5. The molecule has 2 aromatic carbocycles. The lowest BCUT2D eigenvalue weighted by atomic mass is 10.2. The smallest absolute Gasteiger partial charge is 0.323 e. The van der Waals surface area contributed by atoms with Crippen LogP contribution in [-0.2, 0) is 0 Å². The molecule has 0 aliphatic heterocycles. The van der Waals surface area contributed by atoms with E-state index in [9.17, 15) is 4.79 Å². The molecule has 0 saturated heterocycles. The lowest BCUT2D eigenvalue weighted by Gasteiger charge is -2.11. The summed E-state index contributed by atoms with van der Waals surface area (Å²) in [5, 5.41) is 6.13. The highest BCUT2D eigenvalue weighted by molar-refractivity contribution is 6.30. The highest BCUT2D eigenvalue weighted by Crippen LogP contribution is 2.19. The summed E-state index contributed by atoms with van der Waals surface area (Å²) in [4.78, 5) is 11.9. The van der Waals surface area contributed by atoms with E-state index in [1.807, 2.05) is 18.2 Å². The maximum Gasteiger partial charge on any atom is 0.323 e. The molecule has 0 unspecified atom stereocenters. The predicted octanol–water partition coefficient (Wildman–Crippen LogP) is 5.02. The van der Waals surface area contributed by atoms with Gasteiger partial charge in [-0.15, -0.1) is 0 Å². The van der Waals surface area contributed by atoms with Crippen LogP contribution in [0.15, 0.2) is 48.5 Å². The topological polar surface area (TPSA) is 50.4 Å². The van der Waals surface area contributed by atoms with Crippen LogP contribution in [0.3, 0.4) is 0 Å². The fourth-order valence-electron chi connectivity index (χ4n) is 1.75. The van der Waals surface area contributed by atoms with E-state index in [0.717, 1.165) is 5.75 Å². The molecule has 4 nitrogen and oxygen atoms in total. The number of carbonyl (C=O) groups is 1. The number of hydrogen-bond donors (Lipinski definition) is 2. The molecule has 0 aliphatic carbocycles. The van der Waals surface area contributed by atoms with E-state index in [0.29, 0.717) is 28.9 Å². The van der Waals surface area contributed by atoms with Gasteiger partial charge < -0.3 is 15.4 Å². The van der Waals surface area contributed by atoms with Crippen LogP contribution in [0.4, 0.5) is 16.2 Å². The molecule has 2 amide bonds. The third kappa shape index (κ3) is 5.30. The Hall–Kier alpha value is -2.20. The Morgan fingerprint density at radius 3 is 2.45 bits per heavy atom. The van der Waals surface area contributed by atoms with Crippen molar-refractivity contribution in [3.63, 3.8) is 0 Å². The van der Waals surface area contributed by atoms with Gasteiger partial charge in [0, 0.05) is 22.5 Å². The van der Waals surface area contributed by atoms with Gasteiger partial charge in [0.15, 0.2) is 0 Å². The summed E-state index contributed by atoms with van der Waals surface area (Å²) < 4.78 is 5.63. The summed E-state index contributed by atoms with van der Waals surface area (Å²) in [5.74, 6) is 1.18. The minimum Gasteiger partial charge on any atom is -0.493 e. The Balaban J connectivity index is 1.93. The maximum atomic E-state index is 11.9. The van der Waals surface area contributed by atoms with E-state index in [1.165, 1.54) is 0 Å². The summed E-state index contributed by atoms with van der Waals surface area (Å²) in [5.41, 5.74) is 1.35. The molecule has 2 rings (SSSR count). The van der Waals surface area contributed by atoms with E-state index in [1.54, 1.807) is 30.3 Å². The Morgan fingerprint density at radius 1 is 1.09 bits per heavy atom. The minimum atomic E-state index is -0.316. The first-order chi connectivity index (χ1) is 10.5. The van der Waals surface area contributed by atoms with Crippen molar-refractivity contribution in [2.45, 2.75) is 13.8 Å². The van der Waals surface area contributed by atoms with E-state index in [4.69, 9.17) is 16.3 Å². The maximum absolute atomic E-state index is 11.9. The summed E-state index contributed by atoms with van der Waals surface area (Å²) in [6.45, 7) is 4.81. The fourth-order valence-corrected chi connectivity index (χ4v) is 1.88. The molecule has 2 aromatic rings. The SMILES string of the molecule is CC(C)COc1cccc(NC(=O)Nc2ccc(Cl)cc2)c1. The van der Waals surface area contributed by atoms with Crippen LogP contribution in [0.25, 0.3) is 0 Å². The van der Waals surface area contributed by atoms with Gasteiger partial charge in [0.1, 0.15) is 5.75 Å². The Morgan fingerprint density at radius 2 is 1.77 bits per heavy atom. The number of nitrogens with one attached hydrogen (secondary N) is 2. The summed E-state index contributed by atoms with van der Waals surface area (Å²) >= 11 is 5.81. The van der Waals surface area contributed by atoms with Crippen molar-refractivity contribution in [1.82, 2.24) is 0 Å². The van der Waals surface area contributed by atoms with Gasteiger partial charge in [-0.1, -0.05) is 31.5 Å². The largest absolute Gasteiger partial charge is 0.493 e. The Labute approximate surface area is 135 Å². The van der Waals surface area contributed by atoms with E-state index < -0.39 is 0 Å². The number of halogens is 1. The molecule has 0 spiro atoms. The molecular formula is C17H19ClN2O2. The fraction of sp³-hybridized carbons (Fsp3) is 0.235. The number of ether oxygens (including phenoxy) is 1.